The summed E-state index contributed by atoms with van der Waals surface area (Å²) < 4.78 is 5.10. The van der Waals surface area contributed by atoms with Crippen molar-refractivity contribution in [1.82, 2.24) is 0 Å². The summed E-state index contributed by atoms with van der Waals surface area (Å²) in [7, 11) is 0. The smallest absolute Gasteiger partial charge is 0.137 e. The van der Waals surface area contributed by atoms with Crippen LogP contribution in [-0.4, -0.2) is 6.26 Å². The Balaban J connectivity index is 2.61. The van der Waals surface area contributed by atoms with Crippen molar-refractivity contribution >= 4 is 12.0 Å². The molecule has 1 radical (unpaired) electrons. The molecule has 0 unspecified atom stereocenters. The normalized spacial score (nSPS) is 9.00. The Morgan fingerprint density at radius 1 is 1.44 bits per heavy atom. The first kappa shape index (κ1) is 6.49. The quantitative estimate of drug-likeness (QED) is 0.580. The molecule has 0 saturated carbocycles. The van der Waals surface area contributed by atoms with E-state index in [1.54, 1.807) is 0 Å². The van der Waals surface area contributed by atoms with E-state index in [9.17, 15) is 0 Å². The van der Waals surface area contributed by atoms with Gasteiger partial charge in [0.2, 0.25) is 0 Å². The average Bonchev–Trinajstić information content (AvgIpc) is 1.91. The lowest BCUT2D eigenvalue weighted by atomic mass is 10.3. The Morgan fingerprint density at radius 2 is 2.11 bits per heavy atom. The van der Waals surface area contributed by atoms with Crippen LogP contribution in [0.1, 0.15) is 0 Å². The summed E-state index contributed by atoms with van der Waals surface area (Å²) in [5.41, 5.74) is 0. The van der Waals surface area contributed by atoms with Crippen molar-refractivity contribution in [2.75, 3.05) is 6.26 Å². The molecule has 1 aromatic carbocycles. The molecule has 0 aliphatic heterocycles. The fourth-order valence-corrected chi connectivity index (χ4v) is 0.827. The topological polar surface area (TPSA) is 9.23 Å². The Labute approximate surface area is 59.2 Å². The molecule has 0 fully saturated rings. The van der Waals surface area contributed by atoms with Crippen LogP contribution >= 0.6 is 12.0 Å². The van der Waals surface area contributed by atoms with Gasteiger partial charge in [-0.1, -0.05) is 12.1 Å². The number of rotatable bonds is 2. The van der Waals surface area contributed by atoms with Crippen molar-refractivity contribution in [3.05, 3.63) is 30.3 Å². The molecule has 9 heavy (non-hydrogen) atoms. The van der Waals surface area contributed by atoms with Crippen LogP contribution in [0.25, 0.3) is 0 Å². The predicted molar refractivity (Wildman–Crippen MR) is 39.4 cm³/mol. The molecular weight excluding hydrogens is 132 g/mol. The molecule has 0 aliphatic carbocycles. The van der Waals surface area contributed by atoms with Crippen LogP contribution in [0.3, 0.4) is 0 Å². The molecule has 0 saturated heterocycles. The fraction of sp³-hybridized carbons (Fsp3) is 0.143. The van der Waals surface area contributed by atoms with Crippen LogP contribution in [0.5, 0.6) is 5.75 Å². The van der Waals surface area contributed by atoms with Crippen LogP contribution in [0.4, 0.5) is 0 Å². The van der Waals surface area contributed by atoms with Gasteiger partial charge in [-0.3, -0.25) is 0 Å². The van der Waals surface area contributed by atoms with Crippen LogP contribution in [-0.2, 0) is 0 Å². The summed E-state index contributed by atoms with van der Waals surface area (Å²) in [6.07, 6.45) is 1.89. The van der Waals surface area contributed by atoms with Crippen molar-refractivity contribution in [2.45, 2.75) is 0 Å². The highest BCUT2D eigenvalue weighted by molar-refractivity contribution is 7.94. The molecular formula is C7H7OS. The first-order valence-electron chi connectivity index (χ1n) is 2.60. The maximum Gasteiger partial charge on any atom is 0.137 e. The Bertz CT molecular complexity index is 162. The summed E-state index contributed by atoms with van der Waals surface area (Å²) in [6, 6.07) is 10.3. The zero-order valence-electron chi connectivity index (χ0n) is 5.13. The minimum absolute atomic E-state index is 0.876. The molecule has 0 N–H and O–H groups in total. The van der Waals surface area contributed by atoms with Gasteiger partial charge in [0.15, 0.2) is 0 Å². The molecule has 0 heterocycles. The van der Waals surface area contributed by atoms with Gasteiger partial charge in [-0.25, -0.2) is 0 Å². The number of hydrogen-bond donors (Lipinski definition) is 0. The van der Waals surface area contributed by atoms with E-state index in [-0.39, 0.29) is 0 Å². The summed E-state index contributed by atoms with van der Waals surface area (Å²) in [5, 5.41) is 0. The second-order valence-corrected chi connectivity index (χ2v) is 1.99. The molecule has 1 nitrogen and oxygen atoms in total. The molecule has 0 aliphatic rings. The summed E-state index contributed by atoms with van der Waals surface area (Å²) in [5.74, 6) is 0.876. The molecule has 0 amide bonds. The molecule has 1 aromatic rings. The van der Waals surface area contributed by atoms with E-state index in [4.69, 9.17) is 4.18 Å². The van der Waals surface area contributed by atoms with E-state index in [0.717, 1.165) is 5.75 Å². The van der Waals surface area contributed by atoms with E-state index in [2.05, 4.69) is 6.07 Å². The zero-order chi connectivity index (χ0) is 6.53. The van der Waals surface area contributed by atoms with Crippen LogP contribution in [0, 0.1) is 6.07 Å². The maximum absolute atomic E-state index is 5.10. The van der Waals surface area contributed by atoms with Crippen molar-refractivity contribution in [3.63, 3.8) is 0 Å². The monoisotopic (exact) mass is 139 g/mol. The standard InChI is InChI=1S/C7H7OS/c1-9-8-7-5-3-2-4-6-7/h3-6H,1H3. The van der Waals surface area contributed by atoms with Gasteiger partial charge in [0.25, 0.3) is 0 Å². The Kier molecular flexibility index (Phi) is 2.46. The summed E-state index contributed by atoms with van der Waals surface area (Å²) >= 11 is 1.34. The fourth-order valence-electron chi connectivity index (χ4n) is 0.523. The Hall–Kier alpha value is -0.630. The number of hydrogen-bond acceptors (Lipinski definition) is 2. The largest absolute Gasteiger partial charge is 0.426 e. The van der Waals surface area contributed by atoms with Gasteiger partial charge in [-0.15, -0.1) is 0 Å². The lowest BCUT2D eigenvalue weighted by molar-refractivity contribution is 0.650. The van der Waals surface area contributed by atoms with Crippen LogP contribution in [0.15, 0.2) is 24.3 Å². The van der Waals surface area contributed by atoms with Gasteiger partial charge in [0, 0.05) is 6.26 Å². The zero-order valence-corrected chi connectivity index (χ0v) is 5.94. The lowest BCUT2D eigenvalue weighted by Crippen LogP contribution is -1.75. The van der Waals surface area contributed by atoms with Gasteiger partial charge in [-0.2, -0.15) is 0 Å². The second kappa shape index (κ2) is 3.41. The average molecular weight is 139 g/mol. The third-order valence-corrected chi connectivity index (χ3v) is 1.23. The van der Waals surface area contributed by atoms with Crippen molar-refractivity contribution in [1.29, 1.82) is 0 Å². The third-order valence-electron chi connectivity index (χ3n) is 0.867. The highest BCUT2D eigenvalue weighted by atomic mass is 32.2. The first-order valence-corrected chi connectivity index (χ1v) is 3.75. The minimum atomic E-state index is 0.876. The molecule has 1 rings (SSSR count). The van der Waals surface area contributed by atoms with Crippen molar-refractivity contribution < 1.29 is 4.18 Å². The van der Waals surface area contributed by atoms with Gasteiger partial charge in [0.1, 0.15) is 5.75 Å². The van der Waals surface area contributed by atoms with Crippen molar-refractivity contribution in [2.24, 2.45) is 0 Å². The molecule has 47 valence electrons. The Morgan fingerprint density at radius 3 is 2.67 bits per heavy atom. The third kappa shape index (κ3) is 1.98. The molecule has 0 bridgehead atoms. The maximum atomic E-state index is 5.10. The molecule has 0 spiro atoms. The summed E-state index contributed by atoms with van der Waals surface area (Å²) in [6.45, 7) is 0. The van der Waals surface area contributed by atoms with Gasteiger partial charge >= 0.3 is 0 Å². The first-order chi connectivity index (χ1) is 4.43. The van der Waals surface area contributed by atoms with Crippen LogP contribution in [0.2, 0.25) is 0 Å². The SMILES string of the molecule is CSOc1cc[c]cc1. The van der Waals surface area contributed by atoms with E-state index in [0.29, 0.717) is 0 Å². The second-order valence-electron chi connectivity index (χ2n) is 1.49. The van der Waals surface area contributed by atoms with E-state index < -0.39 is 0 Å². The molecule has 2 heteroatoms. The molecule has 0 aromatic heterocycles. The lowest BCUT2D eigenvalue weighted by Gasteiger charge is -1.96. The van der Waals surface area contributed by atoms with Crippen LogP contribution < -0.4 is 4.18 Å². The van der Waals surface area contributed by atoms with E-state index >= 15 is 0 Å². The predicted octanol–water partition coefficient (Wildman–Crippen LogP) is 2.14. The van der Waals surface area contributed by atoms with Gasteiger partial charge in [-0.05, 0) is 18.2 Å². The van der Waals surface area contributed by atoms with Gasteiger partial charge in [0.05, 0.1) is 12.0 Å². The number of benzene rings is 1. The summed E-state index contributed by atoms with van der Waals surface area (Å²) in [4.78, 5) is 0. The highest BCUT2D eigenvalue weighted by Crippen LogP contribution is 2.12. The minimum Gasteiger partial charge on any atom is -0.426 e. The van der Waals surface area contributed by atoms with Crippen molar-refractivity contribution in [3.8, 4) is 5.75 Å². The molecule has 0 atom stereocenters. The highest BCUT2D eigenvalue weighted by Gasteiger charge is 1.85. The van der Waals surface area contributed by atoms with E-state index in [1.807, 2.05) is 30.5 Å². The van der Waals surface area contributed by atoms with E-state index in [1.165, 1.54) is 12.0 Å². The van der Waals surface area contributed by atoms with Gasteiger partial charge < -0.3 is 4.18 Å².